The highest BCUT2D eigenvalue weighted by molar-refractivity contribution is 5.71. The highest BCUT2D eigenvalue weighted by Crippen LogP contribution is 2.11. The van der Waals surface area contributed by atoms with Crippen molar-refractivity contribution in [3.63, 3.8) is 0 Å². The van der Waals surface area contributed by atoms with Crippen LogP contribution in [0.3, 0.4) is 0 Å². The Morgan fingerprint density at radius 1 is 0.379 bits per heavy atom. The molecule has 0 rings (SSSR count). The summed E-state index contributed by atoms with van der Waals surface area (Å²) in [5.74, 6) is -1.02. The van der Waals surface area contributed by atoms with Gasteiger partial charge in [0.05, 0.1) is 0 Å². The first-order valence-corrected chi connectivity index (χ1v) is 23.3. The number of carbonyl (C=O) groups is 3. The van der Waals surface area contributed by atoms with Gasteiger partial charge in [0.25, 0.3) is 0 Å². The van der Waals surface area contributed by atoms with E-state index in [1.165, 1.54) is 38.5 Å². The van der Waals surface area contributed by atoms with Gasteiger partial charge in [-0.15, -0.1) is 0 Å². The third-order valence-corrected chi connectivity index (χ3v) is 9.32. The molecule has 0 spiro atoms. The van der Waals surface area contributed by atoms with Crippen molar-refractivity contribution in [2.24, 2.45) is 0 Å². The average molecular weight is 805 g/mol. The molecule has 6 nitrogen and oxygen atoms in total. The number of ether oxygens (including phenoxy) is 3. The molecule has 58 heavy (non-hydrogen) atoms. The van der Waals surface area contributed by atoms with E-state index in [9.17, 15) is 14.4 Å². The van der Waals surface area contributed by atoms with Crippen LogP contribution in [0.25, 0.3) is 0 Å². The molecule has 0 aromatic carbocycles. The smallest absolute Gasteiger partial charge is 0.306 e. The van der Waals surface area contributed by atoms with Gasteiger partial charge >= 0.3 is 17.9 Å². The molecule has 0 saturated carbocycles. The van der Waals surface area contributed by atoms with E-state index in [1.807, 2.05) is 0 Å². The van der Waals surface area contributed by atoms with E-state index >= 15 is 0 Å². The molecule has 0 fully saturated rings. The maximum Gasteiger partial charge on any atom is 0.306 e. The number of unbranched alkanes of at least 4 members (excludes halogenated alkanes) is 14. The average Bonchev–Trinajstić information content (AvgIpc) is 3.22. The zero-order chi connectivity index (χ0) is 42.3. The Labute approximate surface area is 356 Å². The fourth-order valence-corrected chi connectivity index (χ4v) is 5.80. The summed E-state index contributed by atoms with van der Waals surface area (Å²) >= 11 is 0. The predicted octanol–water partition coefficient (Wildman–Crippen LogP) is 15.0. The summed E-state index contributed by atoms with van der Waals surface area (Å²) in [5, 5.41) is 0. The zero-order valence-corrected chi connectivity index (χ0v) is 37.3. The number of carbonyl (C=O) groups excluding carboxylic acids is 3. The molecule has 0 bridgehead atoms. The van der Waals surface area contributed by atoms with Crippen molar-refractivity contribution in [1.29, 1.82) is 0 Å². The van der Waals surface area contributed by atoms with Gasteiger partial charge in [-0.1, -0.05) is 169 Å². The van der Waals surface area contributed by atoms with Gasteiger partial charge < -0.3 is 14.2 Å². The molecule has 0 aromatic rings. The molecule has 0 aromatic heterocycles. The molecule has 0 aliphatic heterocycles. The lowest BCUT2D eigenvalue weighted by Gasteiger charge is -2.18. The first kappa shape index (κ1) is 54.3. The fraction of sp³-hybridized carbons (Fsp3) is 0.635. The maximum atomic E-state index is 12.7. The van der Waals surface area contributed by atoms with Gasteiger partial charge in [-0.05, 0) is 103 Å². The molecule has 328 valence electrons. The van der Waals surface area contributed by atoms with E-state index < -0.39 is 6.10 Å². The minimum Gasteiger partial charge on any atom is -0.462 e. The van der Waals surface area contributed by atoms with Crippen molar-refractivity contribution in [2.45, 2.75) is 200 Å². The third kappa shape index (κ3) is 43.5. The van der Waals surface area contributed by atoms with Crippen LogP contribution < -0.4 is 0 Å². The van der Waals surface area contributed by atoms with Crippen LogP contribution in [-0.4, -0.2) is 37.2 Å². The Kier molecular flexibility index (Phi) is 43.1. The van der Waals surface area contributed by atoms with Crippen LogP contribution in [-0.2, 0) is 28.6 Å². The second kappa shape index (κ2) is 46.0. The number of rotatable bonds is 40. The highest BCUT2D eigenvalue weighted by Gasteiger charge is 2.19. The molecule has 0 radical (unpaired) electrons. The molecule has 6 heteroatoms. The molecule has 1 atom stereocenters. The molecule has 0 saturated heterocycles. The summed E-state index contributed by atoms with van der Waals surface area (Å²) in [6.07, 6.45) is 59.7. The molecule has 0 N–H and O–H groups in total. The van der Waals surface area contributed by atoms with Crippen molar-refractivity contribution in [2.75, 3.05) is 13.2 Å². The van der Waals surface area contributed by atoms with Crippen LogP contribution in [0.15, 0.2) is 97.2 Å². The number of esters is 3. The predicted molar refractivity (Wildman–Crippen MR) is 247 cm³/mol. The first-order valence-electron chi connectivity index (χ1n) is 23.3. The molecular weight excluding hydrogens is 721 g/mol. The third-order valence-electron chi connectivity index (χ3n) is 9.32. The van der Waals surface area contributed by atoms with E-state index in [-0.39, 0.29) is 37.5 Å². The van der Waals surface area contributed by atoms with E-state index in [0.717, 1.165) is 109 Å². The first-order chi connectivity index (χ1) is 28.5. The van der Waals surface area contributed by atoms with Gasteiger partial charge in [0.2, 0.25) is 0 Å². The van der Waals surface area contributed by atoms with E-state index in [1.54, 1.807) is 0 Å². The zero-order valence-electron chi connectivity index (χ0n) is 37.3. The summed E-state index contributed by atoms with van der Waals surface area (Å²) in [6.45, 7) is 6.33. The van der Waals surface area contributed by atoms with E-state index in [2.05, 4.69) is 118 Å². The topological polar surface area (TPSA) is 78.9 Å². The Hall–Kier alpha value is -3.67. The summed E-state index contributed by atoms with van der Waals surface area (Å²) in [4.78, 5) is 37.7. The van der Waals surface area contributed by atoms with Gasteiger partial charge in [-0.25, -0.2) is 0 Å². The van der Waals surface area contributed by atoms with Crippen molar-refractivity contribution < 1.29 is 28.6 Å². The Morgan fingerprint density at radius 3 is 1.29 bits per heavy atom. The maximum absolute atomic E-state index is 12.7. The Balaban J connectivity index is 4.53. The highest BCUT2D eigenvalue weighted by atomic mass is 16.6. The van der Waals surface area contributed by atoms with E-state index in [0.29, 0.717) is 19.3 Å². The molecule has 0 amide bonds. The quantitative estimate of drug-likeness (QED) is 0.0202. The lowest BCUT2D eigenvalue weighted by molar-refractivity contribution is -0.167. The summed E-state index contributed by atoms with van der Waals surface area (Å²) in [6, 6.07) is 0. The second-order valence-electron chi connectivity index (χ2n) is 14.9. The fourth-order valence-electron chi connectivity index (χ4n) is 5.80. The minimum absolute atomic E-state index is 0.116. The number of hydrogen-bond donors (Lipinski definition) is 0. The molecule has 1 unspecified atom stereocenters. The molecule has 0 heterocycles. The largest absolute Gasteiger partial charge is 0.462 e. The van der Waals surface area contributed by atoms with Gasteiger partial charge in [0.15, 0.2) is 6.10 Å². The summed E-state index contributed by atoms with van der Waals surface area (Å²) in [5.41, 5.74) is 0. The Morgan fingerprint density at radius 2 is 0.759 bits per heavy atom. The van der Waals surface area contributed by atoms with Crippen LogP contribution in [0.1, 0.15) is 194 Å². The van der Waals surface area contributed by atoms with Crippen LogP contribution in [0.5, 0.6) is 0 Å². The second-order valence-corrected chi connectivity index (χ2v) is 14.9. The van der Waals surface area contributed by atoms with Crippen molar-refractivity contribution >= 4 is 17.9 Å². The lowest BCUT2D eigenvalue weighted by Crippen LogP contribution is -2.30. The van der Waals surface area contributed by atoms with Gasteiger partial charge in [-0.3, -0.25) is 14.4 Å². The van der Waals surface area contributed by atoms with Crippen LogP contribution in [0.2, 0.25) is 0 Å². The monoisotopic (exact) mass is 805 g/mol. The summed E-state index contributed by atoms with van der Waals surface area (Å²) in [7, 11) is 0. The van der Waals surface area contributed by atoms with Crippen molar-refractivity contribution in [3.05, 3.63) is 97.2 Å². The van der Waals surface area contributed by atoms with Crippen molar-refractivity contribution in [1.82, 2.24) is 0 Å². The van der Waals surface area contributed by atoms with Crippen LogP contribution in [0, 0.1) is 0 Å². The van der Waals surface area contributed by atoms with Gasteiger partial charge in [0, 0.05) is 19.3 Å². The Bertz CT molecular complexity index is 1200. The normalized spacial score (nSPS) is 12.9. The molecular formula is C52H84O6. The standard InChI is InChI=1S/C52H84O6/c1-4-7-10-13-16-19-22-24-25-26-27-28-31-33-36-39-42-45-51(54)57-48-49(47-56-50(53)44-41-38-35-32-29-21-18-15-12-9-6-3)58-52(55)46-43-40-37-34-30-23-20-17-14-11-8-5-2/h8,11,15-21,24-25,27-29,33,36,49H,4-7,9-10,12-14,22-23,26,30-32,34-35,37-48H2,1-3H3/b11-8-,18-15-,19-16-,20-17-,25-24-,28-27-,29-21-,36-33-. The number of hydrogen-bond acceptors (Lipinski definition) is 6. The van der Waals surface area contributed by atoms with Crippen LogP contribution >= 0.6 is 0 Å². The van der Waals surface area contributed by atoms with Crippen LogP contribution in [0.4, 0.5) is 0 Å². The minimum atomic E-state index is -0.816. The summed E-state index contributed by atoms with van der Waals surface area (Å²) < 4.78 is 16.6. The number of allylic oxidation sites excluding steroid dienone is 16. The van der Waals surface area contributed by atoms with Gasteiger partial charge in [-0.2, -0.15) is 0 Å². The SMILES string of the molecule is CC/C=C\C/C=C\CCCCCCCC(=O)OC(COC(=O)CCC/C=C\C/C=C\C/C=C\C/C=C\CCCCC)COC(=O)CCCCC/C=C\C=C/CCCC. The lowest BCUT2D eigenvalue weighted by atomic mass is 10.1. The molecule has 0 aliphatic rings. The van der Waals surface area contributed by atoms with Crippen molar-refractivity contribution in [3.8, 4) is 0 Å². The molecule has 0 aliphatic carbocycles. The van der Waals surface area contributed by atoms with E-state index in [4.69, 9.17) is 14.2 Å². The van der Waals surface area contributed by atoms with Gasteiger partial charge in [0.1, 0.15) is 13.2 Å².